The molecular weight excluding hydrogens is 269 g/mol. The maximum Gasteiger partial charge on any atom is 0.303 e. The molecule has 0 saturated heterocycles. The van der Waals surface area contributed by atoms with Gasteiger partial charge in [0.25, 0.3) is 0 Å². The molecule has 0 N–H and O–H groups in total. The average molecular weight is 277 g/mol. The summed E-state index contributed by atoms with van der Waals surface area (Å²) in [5.41, 5.74) is 0.966. The normalized spacial score (nSPS) is 12.1. The van der Waals surface area contributed by atoms with Gasteiger partial charge in [-0.2, -0.15) is 8.78 Å². The van der Waals surface area contributed by atoms with Gasteiger partial charge in [-0.25, -0.2) is 9.97 Å². The van der Waals surface area contributed by atoms with E-state index in [1.807, 2.05) is 0 Å². The van der Waals surface area contributed by atoms with E-state index in [2.05, 4.69) is 9.97 Å². The lowest BCUT2D eigenvalue weighted by Crippen LogP contribution is -2.13. The van der Waals surface area contributed by atoms with Gasteiger partial charge < -0.3 is 0 Å². The van der Waals surface area contributed by atoms with E-state index in [0.717, 1.165) is 6.92 Å². The Labute approximate surface area is 107 Å². The first-order valence-electron chi connectivity index (χ1n) is 4.81. The van der Waals surface area contributed by atoms with Gasteiger partial charge in [0.05, 0.1) is 5.52 Å². The Bertz CT molecular complexity index is 594. The number of hydrogen-bond acceptors (Lipinski definition) is 2. The van der Waals surface area contributed by atoms with Gasteiger partial charge in [0.15, 0.2) is 0 Å². The van der Waals surface area contributed by atoms with Crippen LogP contribution in [0.25, 0.3) is 10.9 Å². The number of aryl methyl sites for hydroxylation is 1. The summed E-state index contributed by atoms with van der Waals surface area (Å²) in [4.78, 5) is 7.44. The van der Waals surface area contributed by atoms with Crippen molar-refractivity contribution in [2.24, 2.45) is 0 Å². The number of fused-ring (bicyclic) bond motifs is 1. The minimum absolute atomic E-state index is 0.00583. The lowest BCUT2D eigenvalue weighted by atomic mass is 10.1. The Morgan fingerprint density at radius 1 is 1.18 bits per heavy atom. The largest absolute Gasteiger partial charge is 0.303 e. The summed E-state index contributed by atoms with van der Waals surface area (Å²) in [6, 6.07) is 3.25. The van der Waals surface area contributed by atoms with Crippen molar-refractivity contribution in [1.29, 1.82) is 0 Å². The molecule has 0 aliphatic heterocycles. The highest BCUT2D eigenvalue weighted by Crippen LogP contribution is 2.31. The topological polar surface area (TPSA) is 25.8 Å². The molecule has 1 aromatic carbocycles. The van der Waals surface area contributed by atoms with Crippen LogP contribution in [0.2, 0.25) is 10.2 Å². The maximum atomic E-state index is 13.2. The lowest BCUT2D eigenvalue weighted by molar-refractivity contribution is 0.00808. The Balaban J connectivity index is 2.84. The number of aromatic nitrogens is 2. The van der Waals surface area contributed by atoms with E-state index in [0.29, 0.717) is 21.5 Å². The fourth-order valence-corrected chi connectivity index (χ4v) is 1.85. The van der Waals surface area contributed by atoms with Crippen molar-refractivity contribution >= 4 is 34.1 Å². The highest BCUT2D eigenvalue weighted by molar-refractivity contribution is 6.35. The third-order valence-corrected chi connectivity index (χ3v) is 3.10. The highest BCUT2D eigenvalue weighted by atomic mass is 35.5. The van der Waals surface area contributed by atoms with Crippen LogP contribution < -0.4 is 0 Å². The molecular formula is C11H8Cl2F2N2. The fraction of sp³-hybridized carbons (Fsp3) is 0.273. The number of benzene rings is 1. The third kappa shape index (κ3) is 2.19. The van der Waals surface area contributed by atoms with Crippen molar-refractivity contribution in [1.82, 2.24) is 9.97 Å². The van der Waals surface area contributed by atoms with Crippen LogP contribution in [-0.4, -0.2) is 9.97 Å². The molecule has 0 aliphatic rings. The zero-order valence-corrected chi connectivity index (χ0v) is 10.6. The Morgan fingerprint density at radius 3 is 2.41 bits per heavy atom. The van der Waals surface area contributed by atoms with Gasteiger partial charge in [0.1, 0.15) is 5.15 Å². The van der Waals surface area contributed by atoms with E-state index in [9.17, 15) is 8.78 Å². The molecule has 0 unspecified atom stereocenters. The van der Waals surface area contributed by atoms with Crippen LogP contribution in [0.15, 0.2) is 12.1 Å². The molecule has 17 heavy (non-hydrogen) atoms. The third-order valence-electron chi connectivity index (χ3n) is 2.40. The highest BCUT2D eigenvalue weighted by Gasteiger charge is 2.29. The predicted octanol–water partition coefficient (Wildman–Crippen LogP) is 4.36. The van der Waals surface area contributed by atoms with Crippen LogP contribution in [0.5, 0.6) is 0 Å². The minimum atomic E-state index is -3.13. The first-order chi connectivity index (χ1) is 7.80. The van der Waals surface area contributed by atoms with Crippen molar-refractivity contribution < 1.29 is 8.78 Å². The summed E-state index contributed by atoms with van der Waals surface area (Å²) < 4.78 is 26.4. The Kier molecular flexibility index (Phi) is 2.96. The van der Waals surface area contributed by atoms with E-state index < -0.39 is 11.7 Å². The van der Waals surface area contributed by atoms with Crippen LogP contribution in [-0.2, 0) is 5.92 Å². The van der Waals surface area contributed by atoms with Crippen molar-refractivity contribution in [3.8, 4) is 0 Å². The molecule has 90 valence electrons. The van der Waals surface area contributed by atoms with Gasteiger partial charge in [0.2, 0.25) is 5.82 Å². The Hall–Kier alpha value is -1.00. The van der Waals surface area contributed by atoms with Gasteiger partial charge in [-0.1, -0.05) is 23.2 Å². The summed E-state index contributed by atoms with van der Waals surface area (Å²) in [5, 5.41) is 0.977. The number of hydrogen-bond donors (Lipinski definition) is 0. The fourth-order valence-electron chi connectivity index (χ4n) is 1.47. The number of halogens is 4. The van der Waals surface area contributed by atoms with Gasteiger partial charge in [-0.3, -0.25) is 0 Å². The van der Waals surface area contributed by atoms with E-state index in [1.54, 1.807) is 19.1 Å². The molecule has 2 rings (SSSR count). The van der Waals surface area contributed by atoms with Crippen LogP contribution in [0.3, 0.4) is 0 Å². The average Bonchev–Trinajstić information content (AvgIpc) is 2.22. The molecule has 0 aliphatic carbocycles. The minimum Gasteiger partial charge on any atom is -0.227 e. The molecule has 1 aromatic heterocycles. The molecule has 0 spiro atoms. The second-order valence-corrected chi connectivity index (χ2v) is 4.56. The number of rotatable bonds is 1. The van der Waals surface area contributed by atoms with E-state index in [-0.39, 0.29) is 5.15 Å². The second kappa shape index (κ2) is 4.03. The predicted molar refractivity (Wildman–Crippen MR) is 63.9 cm³/mol. The maximum absolute atomic E-state index is 13.2. The van der Waals surface area contributed by atoms with Crippen LogP contribution >= 0.6 is 23.2 Å². The van der Waals surface area contributed by atoms with Crippen LogP contribution in [0.4, 0.5) is 8.78 Å². The summed E-state index contributed by atoms with van der Waals surface area (Å²) >= 11 is 11.8. The van der Waals surface area contributed by atoms with Gasteiger partial charge in [0, 0.05) is 17.3 Å². The molecule has 0 bridgehead atoms. The van der Waals surface area contributed by atoms with Crippen molar-refractivity contribution in [2.75, 3.05) is 0 Å². The number of nitrogens with zero attached hydrogens (tertiary/aromatic N) is 2. The quantitative estimate of drug-likeness (QED) is 0.724. The SMILES string of the molecule is Cc1c(Cl)ccc2c(Cl)nc(C(C)(F)F)nc12. The molecule has 2 aromatic rings. The first kappa shape index (κ1) is 12.5. The smallest absolute Gasteiger partial charge is 0.227 e. The van der Waals surface area contributed by atoms with Gasteiger partial charge >= 0.3 is 5.92 Å². The van der Waals surface area contributed by atoms with Crippen molar-refractivity contribution in [2.45, 2.75) is 19.8 Å². The first-order valence-corrected chi connectivity index (χ1v) is 5.57. The summed E-state index contributed by atoms with van der Waals surface area (Å²) in [6.07, 6.45) is 0. The zero-order valence-electron chi connectivity index (χ0n) is 9.06. The molecule has 0 radical (unpaired) electrons. The molecule has 0 fully saturated rings. The van der Waals surface area contributed by atoms with E-state index >= 15 is 0 Å². The molecule has 0 atom stereocenters. The number of alkyl halides is 2. The molecule has 0 saturated carbocycles. The summed E-state index contributed by atoms with van der Waals surface area (Å²) in [6.45, 7) is 2.43. The van der Waals surface area contributed by atoms with Crippen molar-refractivity contribution in [3.63, 3.8) is 0 Å². The standard InChI is InChI=1S/C11H8Cl2F2N2/c1-5-7(12)4-3-6-8(5)16-10(11(2,14)15)17-9(6)13/h3-4H,1-2H3. The van der Waals surface area contributed by atoms with Crippen LogP contribution in [0, 0.1) is 6.92 Å². The van der Waals surface area contributed by atoms with Crippen molar-refractivity contribution in [3.05, 3.63) is 33.7 Å². The molecule has 0 amide bonds. The lowest BCUT2D eigenvalue weighted by Gasteiger charge is -2.11. The summed E-state index contributed by atoms with van der Waals surface area (Å²) in [5.74, 6) is -3.73. The molecule has 1 heterocycles. The summed E-state index contributed by atoms with van der Waals surface area (Å²) in [7, 11) is 0. The van der Waals surface area contributed by atoms with E-state index in [4.69, 9.17) is 23.2 Å². The molecule has 2 nitrogen and oxygen atoms in total. The molecule has 6 heteroatoms. The monoisotopic (exact) mass is 276 g/mol. The Morgan fingerprint density at radius 2 is 1.82 bits per heavy atom. The van der Waals surface area contributed by atoms with E-state index in [1.165, 1.54) is 0 Å². The second-order valence-electron chi connectivity index (χ2n) is 3.79. The van der Waals surface area contributed by atoms with Gasteiger partial charge in [-0.15, -0.1) is 0 Å². The van der Waals surface area contributed by atoms with Gasteiger partial charge in [-0.05, 0) is 24.6 Å². The van der Waals surface area contributed by atoms with Crippen LogP contribution in [0.1, 0.15) is 18.3 Å². The zero-order chi connectivity index (χ0) is 12.8.